The minimum atomic E-state index is -3.40. The minimum absolute atomic E-state index is 0.168. The number of alkyl halides is 1. The number of sulfonamides is 1. The van der Waals surface area contributed by atoms with Crippen molar-refractivity contribution in [3.8, 4) is 0 Å². The quantitative estimate of drug-likeness (QED) is 0.680. The topological polar surface area (TPSA) is 46.2 Å². The van der Waals surface area contributed by atoms with Gasteiger partial charge >= 0.3 is 0 Å². The van der Waals surface area contributed by atoms with E-state index in [1.807, 2.05) is 0 Å². The van der Waals surface area contributed by atoms with E-state index in [-0.39, 0.29) is 4.83 Å². The SMILES string of the molecule is CCC(CC)C(Br)CNS(=O)(=O)c1sccc1Br. The molecule has 1 aromatic heterocycles. The first-order valence-electron chi connectivity index (χ1n) is 5.79. The molecule has 1 rings (SSSR count). The number of nitrogens with one attached hydrogen (secondary N) is 1. The van der Waals surface area contributed by atoms with Gasteiger partial charge in [0.05, 0.1) is 0 Å². The van der Waals surface area contributed by atoms with E-state index in [0.717, 1.165) is 12.8 Å². The molecule has 0 radical (unpaired) electrons. The van der Waals surface area contributed by atoms with E-state index in [1.54, 1.807) is 11.4 Å². The minimum Gasteiger partial charge on any atom is -0.209 e. The van der Waals surface area contributed by atoms with Crippen molar-refractivity contribution in [1.82, 2.24) is 4.72 Å². The lowest BCUT2D eigenvalue weighted by molar-refractivity contribution is 0.471. The molecule has 0 aliphatic heterocycles. The first-order valence-corrected chi connectivity index (χ1v) is 9.86. The van der Waals surface area contributed by atoms with Crippen LogP contribution in [0.25, 0.3) is 0 Å². The lowest BCUT2D eigenvalue weighted by Crippen LogP contribution is -2.32. The molecule has 7 heteroatoms. The number of hydrogen-bond acceptors (Lipinski definition) is 3. The van der Waals surface area contributed by atoms with Crippen LogP contribution in [0, 0.1) is 5.92 Å². The smallest absolute Gasteiger partial charge is 0.209 e. The van der Waals surface area contributed by atoms with Gasteiger partial charge in [-0.2, -0.15) is 0 Å². The standard InChI is InChI=1S/C11H17Br2NO2S2/c1-3-8(4-2)10(13)7-14-18(15,16)11-9(12)5-6-17-11/h5-6,8,10,14H,3-4,7H2,1-2H3. The summed E-state index contributed by atoms with van der Waals surface area (Å²) in [5, 5.41) is 1.76. The maximum atomic E-state index is 12.1. The van der Waals surface area contributed by atoms with Crippen LogP contribution in [0.15, 0.2) is 20.1 Å². The average molecular weight is 419 g/mol. The van der Waals surface area contributed by atoms with Crippen LogP contribution in [0.4, 0.5) is 0 Å². The fourth-order valence-electron chi connectivity index (χ4n) is 1.69. The molecule has 0 spiro atoms. The van der Waals surface area contributed by atoms with Crippen molar-refractivity contribution < 1.29 is 8.42 Å². The predicted molar refractivity (Wildman–Crippen MR) is 84.0 cm³/mol. The van der Waals surface area contributed by atoms with E-state index in [2.05, 4.69) is 50.4 Å². The molecule has 1 aromatic rings. The number of hydrogen-bond donors (Lipinski definition) is 1. The van der Waals surface area contributed by atoms with Crippen molar-refractivity contribution in [3.63, 3.8) is 0 Å². The molecule has 0 saturated heterocycles. The van der Waals surface area contributed by atoms with Crippen LogP contribution in [0.1, 0.15) is 26.7 Å². The zero-order chi connectivity index (χ0) is 13.8. The van der Waals surface area contributed by atoms with Crippen molar-refractivity contribution >= 4 is 53.2 Å². The maximum absolute atomic E-state index is 12.1. The largest absolute Gasteiger partial charge is 0.251 e. The van der Waals surface area contributed by atoms with E-state index < -0.39 is 10.0 Å². The summed E-state index contributed by atoms with van der Waals surface area (Å²) >= 11 is 8.02. The van der Waals surface area contributed by atoms with Gasteiger partial charge in [-0.05, 0) is 33.3 Å². The van der Waals surface area contributed by atoms with Gasteiger partial charge < -0.3 is 0 Å². The summed E-state index contributed by atoms with van der Waals surface area (Å²) in [6.45, 7) is 4.65. The Morgan fingerprint density at radius 3 is 2.44 bits per heavy atom. The van der Waals surface area contributed by atoms with Gasteiger partial charge in [-0.15, -0.1) is 11.3 Å². The molecule has 1 unspecified atom stereocenters. The fraction of sp³-hybridized carbons (Fsp3) is 0.636. The average Bonchev–Trinajstić information content (AvgIpc) is 2.75. The molecule has 0 saturated carbocycles. The van der Waals surface area contributed by atoms with Crippen molar-refractivity contribution in [2.75, 3.05) is 6.54 Å². The van der Waals surface area contributed by atoms with E-state index >= 15 is 0 Å². The first kappa shape index (κ1) is 16.6. The molecule has 0 fully saturated rings. The predicted octanol–water partition coefficient (Wildman–Crippen LogP) is 3.99. The van der Waals surface area contributed by atoms with Gasteiger partial charge in [0.2, 0.25) is 0 Å². The van der Waals surface area contributed by atoms with Gasteiger partial charge in [0.25, 0.3) is 10.0 Å². The molecule has 1 N–H and O–H groups in total. The van der Waals surface area contributed by atoms with Crippen LogP contribution in [-0.4, -0.2) is 19.8 Å². The van der Waals surface area contributed by atoms with Crippen molar-refractivity contribution in [2.24, 2.45) is 5.92 Å². The summed E-state index contributed by atoms with van der Waals surface area (Å²) in [6, 6.07) is 1.74. The Morgan fingerprint density at radius 1 is 1.39 bits per heavy atom. The highest BCUT2D eigenvalue weighted by molar-refractivity contribution is 9.10. The van der Waals surface area contributed by atoms with Gasteiger partial charge in [-0.25, -0.2) is 13.1 Å². The Hall–Kier alpha value is 0.570. The van der Waals surface area contributed by atoms with Gasteiger partial charge in [0.1, 0.15) is 4.21 Å². The number of halogens is 2. The Labute approximate surface area is 130 Å². The van der Waals surface area contributed by atoms with Gasteiger partial charge in [-0.3, -0.25) is 0 Å². The second-order valence-corrected chi connectivity index (χ2v) is 8.91. The van der Waals surface area contributed by atoms with Crippen LogP contribution in [0.2, 0.25) is 0 Å². The van der Waals surface area contributed by atoms with Gasteiger partial charge in [0.15, 0.2) is 0 Å². The summed E-state index contributed by atoms with van der Waals surface area (Å²) in [6.07, 6.45) is 2.08. The number of rotatable bonds is 7. The van der Waals surface area contributed by atoms with Crippen LogP contribution in [0.5, 0.6) is 0 Å². The lowest BCUT2D eigenvalue weighted by atomic mass is 10.00. The summed E-state index contributed by atoms with van der Waals surface area (Å²) in [4.78, 5) is 0.168. The highest BCUT2D eigenvalue weighted by Crippen LogP contribution is 2.27. The Morgan fingerprint density at radius 2 is 2.00 bits per heavy atom. The zero-order valence-corrected chi connectivity index (χ0v) is 15.1. The van der Waals surface area contributed by atoms with Crippen LogP contribution in [-0.2, 0) is 10.0 Å². The first-order chi connectivity index (χ1) is 8.42. The molecule has 1 heterocycles. The third-order valence-electron chi connectivity index (χ3n) is 2.86. The highest BCUT2D eigenvalue weighted by Gasteiger charge is 2.22. The van der Waals surface area contributed by atoms with Crippen LogP contribution in [0.3, 0.4) is 0 Å². The maximum Gasteiger partial charge on any atom is 0.251 e. The van der Waals surface area contributed by atoms with E-state index in [4.69, 9.17) is 0 Å². The molecule has 1 atom stereocenters. The molecule has 18 heavy (non-hydrogen) atoms. The second kappa shape index (κ2) is 7.38. The van der Waals surface area contributed by atoms with E-state index in [0.29, 0.717) is 21.1 Å². The molecule has 0 amide bonds. The Bertz CT molecular complexity index is 469. The van der Waals surface area contributed by atoms with Gasteiger partial charge in [-0.1, -0.05) is 42.6 Å². The Balaban J connectivity index is 2.66. The fourth-order valence-corrected chi connectivity index (χ4v) is 6.26. The number of thiophene rings is 1. The molecule has 0 aliphatic rings. The lowest BCUT2D eigenvalue weighted by Gasteiger charge is -2.19. The molecular formula is C11H17Br2NO2S2. The van der Waals surface area contributed by atoms with Crippen LogP contribution < -0.4 is 4.72 Å². The summed E-state index contributed by atoms with van der Waals surface area (Å²) < 4.78 is 27.7. The molecule has 0 bridgehead atoms. The molecule has 104 valence electrons. The molecular weight excluding hydrogens is 402 g/mol. The summed E-state index contributed by atoms with van der Waals surface area (Å²) in [5.74, 6) is 0.486. The molecule has 0 aliphatic carbocycles. The van der Waals surface area contributed by atoms with Crippen molar-refractivity contribution in [3.05, 3.63) is 15.9 Å². The third kappa shape index (κ3) is 4.30. The second-order valence-electron chi connectivity index (χ2n) is 4.00. The highest BCUT2D eigenvalue weighted by atomic mass is 79.9. The zero-order valence-electron chi connectivity index (χ0n) is 10.3. The summed E-state index contributed by atoms with van der Waals surface area (Å²) in [5.41, 5.74) is 0. The summed E-state index contributed by atoms with van der Waals surface area (Å²) in [7, 11) is -3.40. The Kier molecular flexibility index (Phi) is 6.81. The van der Waals surface area contributed by atoms with Gasteiger partial charge in [0, 0.05) is 15.8 Å². The third-order valence-corrected chi connectivity index (χ3v) is 8.02. The van der Waals surface area contributed by atoms with Crippen LogP contribution >= 0.6 is 43.2 Å². The van der Waals surface area contributed by atoms with E-state index in [9.17, 15) is 8.42 Å². The normalized spacial score (nSPS) is 14.1. The molecule has 0 aromatic carbocycles. The van der Waals surface area contributed by atoms with Crippen molar-refractivity contribution in [1.29, 1.82) is 0 Å². The van der Waals surface area contributed by atoms with Crippen molar-refractivity contribution in [2.45, 2.75) is 35.7 Å². The molecule has 3 nitrogen and oxygen atoms in total. The van der Waals surface area contributed by atoms with E-state index in [1.165, 1.54) is 11.3 Å². The monoisotopic (exact) mass is 417 g/mol.